The molecule has 0 aromatic heterocycles. The Morgan fingerprint density at radius 1 is 1.24 bits per heavy atom. The topological polar surface area (TPSA) is 68.1 Å². The molecule has 1 aliphatic carbocycles. The first-order valence-electron chi connectivity index (χ1n) is 9.56. The van der Waals surface area contributed by atoms with E-state index in [9.17, 15) is 13.6 Å². The van der Waals surface area contributed by atoms with Gasteiger partial charge in [0.1, 0.15) is 12.7 Å². The third-order valence-corrected chi connectivity index (χ3v) is 5.52. The Hall–Kier alpha value is -2.96. The van der Waals surface area contributed by atoms with Crippen LogP contribution in [0.1, 0.15) is 36.8 Å². The van der Waals surface area contributed by atoms with Gasteiger partial charge in [-0.15, -0.1) is 0 Å². The average molecular weight is 401 g/mol. The van der Waals surface area contributed by atoms with Crippen molar-refractivity contribution < 1.29 is 28.3 Å². The monoisotopic (exact) mass is 401 g/mol. The SMILES string of the molecule is CC1ON=C(c2ccccc2)C1COc1c(F)cc(C2CC2CC(=O)O)cc1F. The molecule has 29 heavy (non-hydrogen) atoms. The van der Waals surface area contributed by atoms with Crippen LogP contribution in [0.15, 0.2) is 47.6 Å². The number of hydrogen-bond acceptors (Lipinski definition) is 4. The van der Waals surface area contributed by atoms with Gasteiger partial charge in [0.25, 0.3) is 0 Å². The number of carbonyl (C=O) groups is 1. The molecular formula is C22H21F2NO4. The maximum Gasteiger partial charge on any atom is 0.303 e. The largest absolute Gasteiger partial charge is 0.487 e. The summed E-state index contributed by atoms with van der Waals surface area (Å²) in [5.74, 6) is -3.36. The van der Waals surface area contributed by atoms with Crippen molar-refractivity contribution >= 4 is 11.7 Å². The molecule has 1 heterocycles. The minimum absolute atomic E-state index is 0.00726. The molecule has 0 spiro atoms. The van der Waals surface area contributed by atoms with E-state index in [4.69, 9.17) is 14.7 Å². The summed E-state index contributed by atoms with van der Waals surface area (Å²) in [6, 6.07) is 11.9. The third-order valence-electron chi connectivity index (χ3n) is 5.52. The van der Waals surface area contributed by atoms with Gasteiger partial charge < -0.3 is 14.7 Å². The van der Waals surface area contributed by atoms with E-state index < -0.39 is 23.4 Å². The zero-order valence-electron chi connectivity index (χ0n) is 15.8. The second-order valence-electron chi connectivity index (χ2n) is 7.58. The lowest BCUT2D eigenvalue weighted by Crippen LogP contribution is -2.28. The Labute approximate surface area is 166 Å². The maximum absolute atomic E-state index is 14.5. The van der Waals surface area contributed by atoms with Crippen molar-refractivity contribution in [3.63, 3.8) is 0 Å². The number of halogens is 2. The molecule has 0 radical (unpaired) electrons. The fraction of sp³-hybridized carbons (Fsp3) is 0.364. The van der Waals surface area contributed by atoms with Crippen molar-refractivity contribution in [3.8, 4) is 5.75 Å². The number of carboxylic acids is 1. The van der Waals surface area contributed by atoms with E-state index in [0.29, 0.717) is 17.7 Å². The van der Waals surface area contributed by atoms with Gasteiger partial charge in [0.15, 0.2) is 17.4 Å². The fourth-order valence-corrected chi connectivity index (χ4v) is 3.80. The lowest BCUT2D eigenvalue weighted by Gasteiger charge is -2.17. The molecule has 4 rings (SSSR count). The van der Waals surface area contributed by atoms with Crippen LogP contribution in [0.5, 0.6) is 5.75 Å². The number of nitrogens with zero attached hydrogens (tertiary/aromatic N) is 1. The molecule has 2 aromatic carbocycles. The van der Waals surface area contributed by atoms with Gasteiger partial charge in [-0.25, -0.2) is 8.78 Å². The van der Waals surface area contributed by atoms with Gasteiger partial charge in [0, 0.05) is 6.42 Å². The molecular weight excluding hydrogens is 380 g/mol. The lowest BCUT2D eigenvalue weighted by atomic mass is 9.94. The summed E-state index contributed by atoms with van der Waals surface area (Å²) in [7, 11) is 0. The zero-order chi connectivity index (χ0) is 20.5. The Morgan fingerprint density at radius 2 is 1.93 bits per heavy atom. The van der Waals surface area contributed by atoms with E-state index >= 15 is 0 Å². The van der Waals surface area contributed by atoms with Gasteiger partial charge in [-0.1, -0.05) is 35.5 Å². The van der Waals surface area contributed by atoms with E-state index in [-0.39, 0.29) is 36.9 Å². The third kappa shape index (κ3) is 4.09. The lowest BCUT2D eigenvalue weighted by molar-refractivity contribution is -0.137. The van der Waals surface area contributed by atoms with Crippen LogP contribution in [0, 0.1) is 23.5 Å². The summed E-state index contributed by atoms with van der Waals surface area (Å²) in [6.45, 7) is 1.85. The number of aliphatic carboxylic acids is 1. The number of rotatable bonds is 7. The van der Waals surface area contributed by atoms with Crippen LogP contribution in [0.4, 0.5) is 8.78 Å². The number of oxime groups is 1. The number of benzene rings is 2. The van der Waals surface area contributed by atoms with Crippen LogP contribution in [-0.4, -0.2) is 29.5 Å². The number of carboxylic acid groups (broad SMARTS) is 1. The summed E-state index contributed by atoms with van der Waals surface area (Å²) in [6.07, 6.45) is 0.353. The maximum atomic E-state index is 14.5. The van der Waals surface area contributed by atoms with E-state index in [0.717, 1.165) is 5.56 Å². The van der Waals surface area contributed by atoms with E-state index in [1.54, 1.807) is 0 Å². The van der Waals surface area contributed by atoms with E-state index in [1.165, 1.54) is 12.1 Å². The first kappa shape index (κ1) is 19.4. The van der Waals surface area contributed by atoms with E-state index in [1.807, 2.05) is 37.3 Å². The van der Waals surface area contributed by atoms with Crippen molar-refractivity contribution in [2.45, 2.75) is 31.8 Å². The molecule has 7 heteroatoms. The van der Waals surface area contributed by atoms with Crippen molar-refractivity contribution in [1.29, 1.82) is 0 Å². The first-order chi connectivity index (χ1) is 13.9. The predicted octanol–water partition coefficient (Wildman–Crippen LogP) is 4.36. The minimum atomic E-state index is -0.901. The van der Waals surface area contributed by atoms with Gasteiger partial charge in [0.2, 0.25) is 0 Å². The summed E-state index contributed by atoms with van der Waals surface area (Å²) >= 11 is 0. The van der Waals surface area contributed by atoms with Gasteiger partial charge >= 0.3 is 5.97 Å². The second kappa shape index (κ2) is 7.81. The van der Waals surface area contributed by atoms with E-state index in [2.05, 4.69) is 5.16 Å². The molecule has 0 bridgehead atoms. The molecule has 0 amide bonds. The molecule has 1 saturated carbocycles. The fourth-order valence-electron chi connectivity index (χ4n) is 3.80. The zero-order valence-corrected chi connectivity index (χ0v) is 15.8. The molecule has 1 N–H and O–H groups in total. The quantitative estimate of drug-likeness (QED) is 0.749. The van der Waals surface area contributed by atoms with Gasteiger partial charge in [0.05, 0.1) is 11.6 Å². The first-order valence-corrected chi connectivity index (χ1v) is 9.56. The Bertz CT molecular complexity index is 924. The minimum Gasteiger partial charge on any atom is -0.487 e. The van der Waals surface area contributed by atoms with Gasteiger partial charge in [-0.2, -0.15) is 0 Å². The van der Waals surface area contributed by atoms with Crippen LogP contribution in [0.2, 0.25) is 0 Å². The summed E-state index contributed by atoms with van der Waals surface area (Å²) in [4.78, 5) is 16.1. The van der Waals surface area contributed by atoms with Gasteiger partial charge in [-0.3, -0.25) is 4.79 Å². The summed E-state index contributed by atoms with van der Waals surface area (Å²) < 4.78 is 34.6. The Balaban J connectivity index is 1.46. The molecule has 1 aliphatic heterocycles. The van der Waals surface area contributed by atoms with Crippen LogP contribution in [-0.2, 0) is 9.63 Å². The standard InChI is InChI=1S/C22H21F2NO4/c1-12-17(21(25-29-12)13-5-3-2-4-6-13)11-28-22-18(23)8-15(9-19(22)24)16-7-14(16)10-20(26)27/h2-6,8-9,12,14,16-17H,7,10-11H2,1H3,(H,26,27). The van der Waals surface area contributed by atoms with Gasteiger partial charge in [-0.05, 0) is 48.4 Å². The predicted molar refractivity (Wildman–Crippen MR) is 102 cm³/mol. The average Bonchev–Trinajstić information content (AvgIpc) is 3.34. The molecule has 4 unspecified atom stereocenters. The number of hydrogen-bond donors (Lipinski definition) is 1. The Kier molecular flexibility index (Phi) is 5.22. The molecule has 5 nitrogen and oxygen atoms in total. The highest BCUT2D eigenvalue weighted by molar-refractivity contribution is 6.03. The molecule has 0 saturated heterocycles. The number of ether oxygens (including phenoxy) is 1. The highest BCUT2D eigenvalue weighted by Gasteiger charge is 2.40. The molecule has 2 aliphatic rings. The summed E-state index contributed by atoms with van der Waals surface area (Å²) in [5.41, 5.74) is 2.03. The van der Waals surface area contributed by atoms with Crippen molar-refractivity contribution in [1.82, 2.24) is 0 Å². The van der Waals surface area contributed by atoms with Crippen molar-refractivity contribution in [2.75, 3.05) is 6.61 Å². The highest BCUT2D eigenvalue weighted by Crippen LogP contribution is 2.50. The Morgan fingerprint density at radius 3 is 2.59 bits per heavy atom. The molecule has 152 valence electrons. The van der Waals surface area contributed by atoms with Crippen LogP contribution >= 0.6 is 0 Å². The van der Waals surface area contributed by atoms with Crippen LogP contribution < -0.4 is 4.74 Å². The molecule has 1 fully saturated rings. The van der Waals surface area contributed by atoms with Crippen LogP contribution in [0.3, 0.4) is 0 Å². The summed E-state index contributed by atoms with van der Waals surface area (Å²) in [5, 5.41) is 13.0. The molecule has 4 atom stereocenters. The van der Waals surface area contributed by atoms with Crippen LogP contribution in [0.25, 0.3) is 0 Å². The van der Waals surface area contributed by atoms with Crippen molar-refractivity contribution in [2.24, 2.45) is 17.0 Å². The van der Waals surface area contributed by atoms with Crippen molar-refractivity contribution in [3.05, 3.63) is 65.2 Å². The molecule has 2 aromatic rings. The smallest absolute Gasteiger partial charge is 0.303 e. The highest BCUT2D eigenvalue weighted by atomic mass is 19.1. The second-order valence-corrected chi connectivity index (χ2v) is 7.58. The normalized spacial score (nSPS) is 25.3.